The van der Waals surface area contributed by atoms with Crippen molar-refractivity contribution < 1.29 is 9.53 Å². The van der Waals surface area contributed by atoms with Crippen LogP contribution in [0, 0.1) is 0 Å². The van der Waals surface area contributed by atoms with Gasteiger partial charge in [0.15, 0.2) is 6.35 Å². The largest absolute Gasteiger partial charge is 0.353 e. The molecule has 3 unspecified atom stereocenters. The van der Waals surface area contributed by atoms with Gasteiger partial charge in [0, 0.05) is 14.2 Å². The van der Waals surface area contributed by atoms with Crippen LogP contribution in [-0.4, -0.2) is 39.0 Å². The number of urea groups is 1. The fourth-order valence-corrected chi connectivity index (χ4v) is 1.20. The fourth-order valence-electron chi connectivity index (χ4n) is 1.20. The molecule has 0 aliphatic carbocycles. The van der Waals surface area contributed by atoms with E-state index in [0.717, 1.165) is 0 Å². The van der Waals surface area contributed by atoms with Crippen LogP contribution in [0.3, 0.4) is 0 Å². The summed E-state index contributed by atoms with van der Waals surface area (Å²) in [4.78, 5) is 11.0. The molecule has 14 heavy (non-hydrogen) atoms. The lowest BCUT2D eigenvalue weighted by Gasteiger charge is -2.36. The number of carbonyl (C=O) groups excluding carboxylic acids is 1. The zero-order valence-electron chi connectivity index (χ0n) is 8.55. The highest BCUT2D eigenvalue weighted by Gasteiger charge is 2.24. The van der Waals surface area contributed by atoms with Crippen LogP contribution in [-0.2, 0) is 4.74 Å². The summed E-state index contributed by atoms with van der Waals surface area (Å²) in [5.41, 5.74) is 0. The van der Waals surface area contributed by atoms with Gasteiger partial charge in [0.25, 0.3) is 0 Å². The van der Waals surface area contributed by atoms with Crippen molar-refractivity contribution in [3.05, 3.63) is 0 Å². The Morgan fingerprint density at radius 3 is 2.64 bits per heavy atom. The van der Waals surface area contributed by atoms with E-state index in [1.54, 1.807) is 14.2 Å². The summed E-state index contributed by atoms with van der Waals surface area (Å²) >= 11 is 0. The number of ether oxygens (including phenoxy) is 1. The Hall–Kier alpha value is -0.890. The van der Waals surface area contributed by atoms with Crippen LogP contribution in [0.5, 0.6) is 0 Å². The van der Waals surface area contributed by atoms with E-state index in [-0.39, 0.29) is 24.8 Å². The van der Waals surface area contributed by atoms with Gasteiger partial charge in [-0.25, -0.2) is 10.1 Å². The Morgan fingerprint density at radius 2 is 2.07 bits per heavy atom. The third kappa shape index (κ3) is 3.11. The van der Waals surface area contributed by atoms with Crippen LogP contribution in [0.2, 0.25) is 0 Å². The van der Waals surface area contributed by atoms with Crippen LogP contribution in [0.25, 0.3) is 0 Å². The second kappa shape index (κ2) is 5.11. The maximum Gasteiger partial charge on any atom is 0.316 e. The molecule has 1 fully saturated rings. The molecular weight excluding hydrogens is 186 g/mol. The number of hydrogen-bond donors (Lipinski definition) is 5. The first-order chi connectivity index (χ1) is 6.65. The fraction of sp³-hybridized carbons (Fsp3) is 0.857. The van der Waals surface area contributed by atoms with E-state index < -0.39 is 0 Å². The van der Waals surface area contributed by atoms with Gasteiger partial charge in [0.2, 0.25) is 0 Å². The number of hydrogen-bond acceptors (Lipinski definition) is 5. The standard InChI is InChI=1S/C7H17N5O2/c1-4-9-5(11-6(13)8-2)12-7(10-4)14-3/h4-5,7,9-10,12H,1-3H3,(H2,8,11,13). The van der Waals surface area contributed by atoms with Gasteiger partial charge in [-0.1, -0.05) is 0 Å². The summed E-state index contributed by atoms with van der Waals surface area (Å²) in [6.07, 6.45) is -0.520. The van der Waals surface area contributed by atoms with Crippen molar-refractivity contribution in [1.82, 2.24) is 26.6 Å². The zero-order chi connectivity index (χ0) is 10.6. The molecule has 3 atom stereocenters. The minimum atomic E-state index is -0.309. The Bertz CT molecular complexity index is 201. The summed E-state index contributed by atoms with van der Waals surface area (Å²) in [6, 6.07) is -0.251. The minimum Gasteiger partial charge on any atom is -0.353 e. The molecule has 1 aliphatic heterocycles. The molecule has 0 radical (unpaired) electrons. The molecule has 1 saturated heterocycles. The van der Waals surface area contributed by atoms with Gasteiger partial charge in [0.1, 0.15) is 6.29 Å². The first-order valence-corrected chi connectivity index (χ1v) is 4.45. The topological polar surface area (TPSA) is 86.5 Å². The van der Waals surface area contributed by atoms with E-state index in [9.17, 15) is 4.79 Å². The molecule has 7 nitrogen and oxygen atoms in total. The Balaban J connectivity index is 2.40. The lowest BCUT2D eigenvalue weighted by molar-refractivity contribution is -0.0100. The summed E-state index contributed by atoms with van der Waals surface area (Å²) in [6.45, 7) is 1.94. The van der Waals surface area contributed by atoms with E-state index in [1.165, 1.54) is 0 Å². The summed E-state index contributed by atoms with van der Waals surface area (Å²) < 4.78 is 5.07. The Kier molecular flexibility index (Phi) is 4.08. The van der Waals surface area contributed by atoms with E-state index in [4.69, 9.17) is 4.74 Å². The highest BCUT2D eigenvalue weighted by Crippen LogP contribution is 1.92. The molecule has 0 aromatic heterocycles. The van der Waals surface area contributed by atoms with Crippen molar-refractivity contribution in [1.29, 1.82) is 0 Å². The van der Waals surface area contributed by atoms with E-state index >= 15 is 0 Å². The number of amides is 2. The molecule has 7 heteroatoms. The van der Waals surface area contributed by atoms with Crippen LogP contribution < -0.4 is 26.6 Å². The monoisotopic (exact) mass is 203 g/mol. The van der Waals surface area contributed by atoms with Crippen molar-refractivity contribution in [2.75, 3.05) is 14.2 Å². The predicted octanol–water partition coefficient (Wildman–Crippen LogP) is -1.74. The molecule has 0 saturated carbocycles. The van der Waals surface area contributed by atoms with Crippen LogP contribution in [0.15, 0.2) is 0 Å². The van der Waals surface area contributed by atoms with Crippen molar-refractivity contribution in [2.24, 2.45) is 0 Å². The van der Waals surface area contributed by atoms with Crippen molar-refractivity contribution in [3.8, 4) is 0 Å². The van der Waals surface area contributed by atoms with Gasteiger partial charge in [-0.2, -0.15) is 0 Å². The van der Waals surface area contributed by atoms with Gasteiger partial charge in [0.05, 0.1) is 6.17 Å². The lowest BCUT2D eigenvalue weighted by atomic mass is 10.4. The minimum absolute atomic E-state index is 0.0587. The highest BCUT2D eigenvalue weighted by molar-refractivity contribution is 5.73. The average Bonchev–Trinajstić information content (AvgIpc) is 2.16. The van der Waals surface area contributed by atoms with E-state index in [0.29, 0.717) is 0 Å². The molecule has 82 valence electrons. The summed E-state index contributed by atoms with van der Waals surface area (Å²) in [5.74, 6) is 0. The number of carbonyl (C=O) groups is 1. The normalized spacial score (nSPS) is 32.4. The highest BCUT2D eigenvalue weighted by atomic mass is 16.5. The number of rotatable bonds is 2. The molecule has 0 spiro atoms. The van der Waals surface area contributed by atoms with Crippen molar-refractivity contribution in [3.63, 3.8) is 0 Å². The Morgan fingerprint density at radius 1 is 1.36 bits per heavy atom. The van der Waals surface area contributed by atoms with Gasteiger partial charge >= 0.3 is 6.03 Å². The lowest BCUT2D eigenvalue weighted by Crippen LogP contribution is -2.72. The summed E-state index contributed by atoms with van der Waals surface area (Å²) in [7, 11) is 3.15. The van der Waals surface area contributed by atoms with Crippen molar-refractivity contribution >= 4 is 6.03 Å². The van der Waals surface area contributed by atoms with Crippen LogP contribution >= 0.6 is 0 Å². The van der Waals surface area contributed by atoms with Gasteiger partial charge in [-0.3, -0.25) is 10.6 Å². The van der Waals surface area contributed by atoms with E-state index in [2.05, 4.69) is 26.6 Å². The third-order valence-corrected chi connectivity index (χ3v) is 1.87. The maximum atomic E-state index is 11.0. The zero-order valence-corrected chi connectivity index (χ0v) is 8.55. The van der Waals surface area contributed by atoms with Crippen LogP contribution in [0.1, 0.15) is 6.92 Å². The number of methoxy groups -OCH3 is 1. The molecule has 0 bridgehead atoms. The molecule has 5 N–H and O–H groups in total. The third-order valence-electron chi connectivity index (χ3n) is 1.87. The predicted molar refractivity (Wildman–Crippen MR) is 51.0 cm³/mol. The summed E-state index contributed by atoms with van der Waals surface area (Å²) in [5, 5.41) is 14.3. The molecule has 0 aromatic rings. The van der Waals surface area contributed by atoms with Gasteiger partial charge < -0.3 is 15.4 Å². The number of nitrogens with one attached hydrogen (secondary N) is 5. The SMILES string of the molecule is CNC(=O)NC1NC(C)NC(OC)N1. The maximum absolute atomic E-state index is 11.0. The molecule has 1 heterocycles. The van der Waals surface area contributed by atoms with E-state index in [1.807, 2.05) is 6.92 Å². The van der Waals surface area contributed by atoms with Crippen LogP contribution in [0.4, 0.5) is 4.79 Å². The molecule has 1 rings (SSSR count). The quantitative estimate of drug-likeness (QED) is 0.368. The molecular formula is C7H17N5O2. The van der Waals surface area contributed by atoms with Gasteiger partial charge in [-0.15, -0.1) is 0 Å². The smallest absolute Gasteiger partial charge is 0.316 e. The second-order valence-electron chi connectivity index (χ2n) is 2.99. The molecule has 2 amide bonds. The first kappa shape index (κ1) is 11.2. The Labute approximate surface area is 82.9 Å². The van der Waals surface area contributed by atoms with Gasteiger partial charge in [-0.05, 0) is 6.92 Å². The average molecular weight is 203 g/mol. The van der Waals surface area contributed by atoms with Crippen molar-refractivity contribution in [2.45, 2.75) is 25.7 Å². The molecule has 1 aliphatic rings. The molecule has 0 aromatic carbocycles. The second-order valence-corrected chi connectivity index (χ2v) is 2.99. The first-order valence-electron chi connectivity index (χ1n) is 4.45.